The van der Waals surface area contributed by atoms with Crippen LogP contribution in [-0.2, 0) is 4.79 Å². The molecule has 0 radical (unpaired) electrons. The maximum absolute atomic E-state index is 12.2. The lowest BCUT2D eigenvalue weighted by atomic mass is 10.5. The van der Waals surface area contributed by atoms with Gasteiger partial charge in [-0.1, -0.05) is 0 Å². The van der Waals surface area contributed by atoms with Crippen molar-refractivity contribution in [2.75, 3.05) is 11.9 Å². The van der Waals surface area contributed by atoms with Gasteiger partial charge in [-0.15, -0.1) is 0 Å². The number of nitrogens with zero attached hydrogens (tertiary/aromatic N) is 8. The van der Waals surface area contributed by atoms with Crippen LogP contribution >= 0.6 is 0 Å². The Kier molecular flexibility index (Phi) is 4.93. The van der Waals surface area contributed by atoms with E-state index in [1.165, 1.54) is 12.4 Å². The minimum absolute atomic E-state index is 0.225. The summed E-state index contributed by atoms with van der Waals surface area (Å²) in [6.45, 7) is 3.36. The number of carbonyl (C=O) groups excluding carboxylic acids is 1. The minimum atomic E-state index is -0.364. The van der Waals surface area contributed by atoms with E-state index in [0.717, 1.165) is 5.82 Å². The molecule has 0 aromatic carbocycles. The summed E-state index contributed by atoms with van der Waals surface area (Å²) < 4.78 is 8.83. The fourth-order valence-corrected chi connectivity index (χ4v) is 2.56. The summed E-state index contributed by atoms with van der Waals surface area (Å²) in [5.74, 6) is 2.21. The van der Waals surface area contributed by atoms with E-state index in [1.807, 2.05) is 6.92 Å². The number of nitrogens with one attached hydrogen (secondary N) is 1. The fraction of sp³-hybridized carbons (Fsp3) is 0.167. The van der Waals surface area contributed by atoms with Crippen molar-refractivity contribution in [2.45, 2.75) is 13.8 Å². The lowest BCUT2D eigenvalue weighted by Gasteiger charge is -2.09. The van der Waals surface area contributed by atoms with Gasteiger partial charge in [-0.25, -0.2) is 24.6 Å². The van der Waals surface area contributed by atoms with E-state index in [1.54, 1.807) is 53.1 Å². The van der Waals surface area contributed by atoms with Crippen molar-refractivity contribution in [3.63, 3.8) is 0 Å². The third-order valence-corrected chi connectivity index (χ3v) is 3.85. The summed E-state index contributed by atoms with van der Waals surface area (Å²) >= 11 is 0. The second kappa shape index (κ2) is 7.84. The van der Waals surface area contributed by atoms with E-state index < -0.39 is 0 Å². The molecule has 0 aliphatic heterocycles. The van der Waals surface area contributed by atoms with E-state index in [0.29, 0.717) is 23.3 Å². The molecule has 0 atom stereocenters. The monoisotopic (exact) mass is 391 g/mol. The van der Waals surface area contributed by atoms with Gasteiger partial charge in [-0.3, -0.25) is 9.36 Å². The molecule has 0 spiro atoms. The smallest absolute Gasteiger partial charge is 0.262 e. The molecule has 0 unspecified atom stereocenters. The van der Waals surface area contributed by atoms with Crippen LogP contribution in [0.25, 0.3) is 11.8 Å². The molecular formula is C18H17N9O2. The van der Waals surface area contributed by atoms with Gasteiger partial charge < -0.3 is 10.1 Å². The molecule has 0 saturated carbocycles. The molecule has 1 amide bonds. The van der Waals surface area contributed by atoms with E-state index >= 15 is 0 Å². The van der Waals surface area contributed by atoms with Crippen LogP contribution in [0.5, 0.6) is 5.88 Å². The van der Waals surface area contributed by atoms with Gasteiger partial charge in [0, 0.05) is 30.9 Å². The highest BCUT2D eigenvalue weighted by Gasteiger charge is 2.09. The van der Waals surface area contributed by atoms with Gasteiger partial charge in [0.25, 0.3) is 5.91 Å². The van der Waals surface area contributed by atoms with Crippen LogP contribution in [0.15, 0.2) is 49.3 Å². The fourth-order valence-electron chi connectivity index (χ4n) is 2.56. The predicted octanol–water partition coefficient (Wildman–Crippen LogP) is 1.27. The molecule has 4 aromatic rings. The Bertz CT molecular complexity index is 1120. The van der Waals surface area contributed by atoms with Crippen molar-refractivity contribution >= 4 is 11.6 Å². The summed E-state index contributed by atoms with van der Waals surface area (Å²) in [5.41, 5.74) is 0.455. The largest absolute Gasteiger partial charge is 0.467 e. The van der Waals surface area contributed by atoms with Gasteiger partial charge in [0.15, 0.2) is 12.4 Å². The van der Waals surface area contributed by atoms with Crippen LogP contribution in [0, 0.1) is 13.8 Å². The molecule has 146 valence electrons. The van der Waals surface area contributed by atoms with E-state index in [4.69, 9.17) is 4.74 Å². The quantitative estimate of drug-likeness (QED) is 0.521. The molecule has 0 aliphatic rings. The number of amides is 1. The molecule has 0 fully saturated rings. The van der Waals surface area contributed by atoms with Crippen LogP contribution in [0.2, 0.25) is 0 Å². The number of anilines is 1. The zero-order valence-electron chi connectivity index (χ0n) is 15.7. The number of carbonyl (C=O) groups is 1. The number of hydrogen-bond donors (Lipinski definition) is 1. The van der Waals surface area contributed by atoms with E-state index in [9.17, 15) is 4.79 Å². The van der Waals surface area contributed by atoms with Crippen LogP contribution in [-0.4, -0.2) is 51.8 Å². The Labute approximate surface area is 165 Å². The van der Waals surface area contributed by atoms with Crippen molar-refractivity contribution in [3.05, 3.63) is 61.0 Å². The lowest BCUT2D eigenvalue weighted by Crippen LogP contribution is -2.21. The third kappa shape index (κ3) is 4.24. The zero-order valence-corrected chi connectivity index (χ0v) is 15.7. The first-order valence-electron chi connectivity index (χ1n) is 8.69. The number of aromatic nitrogens is 8. The molecule has 0 aliphatic carbocycles. The number of rotatable bonds is 6. The van der Waals surface area contributed by atoms with Crippen LogP contribution in [0.4, 0.5) is 5.69 Å². The Morgan fingerprint density at radius 1 is 1.10 bits per heavy atom. The predicted molar refractivity (Wildman–Crippen MR) is 102 cm³/mol. The Morgan fingerprint density at radius 2 is 1.93 bits per heavy atom. The topological polar surface area (TPSA) is 126 Å². The van der Waals surface area contributed by atoms with E-state index in [2.05, 4.69) is 35.3 Å². The van der Waals surface area contributed by atoms with Crippen molar-refractivity contribution < 1.29 is 9.53 Å². The number of aryl methyl sites for hydroxylation is 2. The number of ether oxygens (including phenoxy) is 1. The molecule has 0 saturated heterocycles. The van der Waals surface area contributed by atoms with E-state index in [-0.39, 0.29) is 18.4 Å². The average Bonchev–Trinajstić information content (AvgIpc) is 3.39. The molecule has 0 bridgehead atoms. The summed E-state index contributed by atoms with van der Waals surface area (Å²) in [7, 11) is 0. The normalized spacial score (nSPS) is 10.7. The lowest BCUT2D eigenvalue weighted by molar-refractivity contribution is -0.118. The van der Waals surface area contributed by atoms with Gasteiger partial charge in [-0.2, -0.15) is 10.1 Å². The molecule has 29 heavy (non-hydrogen) atoms. The number of imidazole rings is 1. The average molecular weight is 391 g/mol. The van der Waals surface area contributed by atoms with Crippen molar-refractivity contribution in [2.24, 2.45) is 0 Å². The van der Waals surface area contributed by atoms with Crippen molar-refractivity contribution in [1.82, 2.24) is 39.3 Å². The Hall–Kier alpha value is -4.15. The molecule has 4 heterocycles. The molecule has 1 N–H and O–H groups in total. The first-order chi connectivity index (χ1) is 14.1. The first-order valence-corrected chi connectivity index (χ1v) is 8.69. The standard InChI is InChI=1S/C18H17N9O2/c1-12-23-15(27-6-3-4-22-27)8-17(24-12)29-11-16(28)25-14-9-20-18(21-10-14)26-7-5-19-13(26)2/h3-10H,11H2,1-2H3,(H,25,28). The zero-order chi connectivity index (χ0) is 20.2. The summed E-state index contributed by atoms with van der Waals surface area (Å²) in [5, 5.41) is 6.80. The van der Waals surface area contributed by atoms with Gasteiger partial charge in [0.05, 0.1) is 18.1 Å². The molecule has 4 rings (SSSR count). The summed E-state index contributed by atoms with van der Waals surface area (Å²) in [6, 6.07) is 3.39. The minimum Gasteiger partial charge on any atom is -0.467 e. The highest BCUT2D eigenvalue weighted by Crippen LogP contribution is 2.13. The summed E-state index contributed by atoms with van der Waals surface area (Å²) in [4.78, 5) is 33.2. The van der Waals surface area contributed by atoms with Gasteiger partial charge in [-0.05, 0) is 19.9 Å². The highest BCUT2D eigenvalue weighted by molar-refractivity contribution is 5.91. The highest BCUT2D eigenvalue weighted by atomic mass is 16.5. The van der Waals surface area contributed by atoms with Crippen LogP contribution in [0.3, 0.4) is 0 Å². The molecule has 11 heteroatoms. The second-order valence-electron chi connectivity index (χ2n) is 6.02. The maximum atomic E-state index is 12.2. The van der Waals surface area contributed by atoms with Crippen molar-refractivity contribution in [3.8, 4) is 17.6 Å². The number of hydrogen-bond acceptors (Lipinski definition) is 8. The van der Waals surface area contributed by atoms with Gasteiger partial charge in [0.1, 0.15) is 11.6 Å². The van der Waals surface area contributed by atoms with Crippen LogP contribution in [0.1, 0.15) is 11.6 Å². The molecule has 11 nitrogen and oxygen atoms in total. The SMILES string of the molecule is Cc1nc(OCC(=O)Nc2cnc(-n3ccnc3C)nc2)cc(-n2cccn2)n1. The summed E-state index contributed by atoms with van der Waals surface area (Å²) in [6.07, 6.45) is 9.87. The van der Waals surface area contributed by atoms with Gasteiger partial charge in [0.2, 0.25) is 11.8 Å². The Morgan fingerprint density at radius 3 is 2.62 bits per heavy atom. The van der Waals surface area contributed by atoms with Crippen LogP contribution < -0.4 is 10.1 Å². The molecule has 4 aromatic heterocycles. The van der Waals surface area contributed by atoms with Gasteiger partial charge >= 0.3 is 0 Å². The first kappa shape index (κ1) is 18.2. The third-order valence-electron chi connectivity index (χ3n) is 3.85. The Balaban J connectivity index is 1.37. The van der Waals surface area contributed by atoms with Crippen molar-refractivity contribution in [1.29, 1.82) is 0 Å². The second-order valence-corrected chi connectivity index (χ2v) is 6.02. The maximum Gasteiger partial charge on any atom is 0.262 e. The molecular weight excluding hydrogens is 374 g/mol.